The van der Waals surface area contributed by atoms with E-state index in [-0.39, 0.29) is 0 Å². The maximum absolute atomic E-state index is 11.3. The molecular formula is C18H19N7OS. The van der Waals surface area contributed by atoms with Crippen LogP contribution in [0.5, 0.6) is 0 Å². The Hall–Kier alpha value is -2.91. The Bertz CT molecular complexity index is 984. The van der Waals surface area contributed by atoms with Crippen molar-refractivity contribution in [3.8, 4) is 11.4 Å². The Kier molecular flexibility index (Phi) is 4.78. The molecule has 0 saturated carbocycles. The molecule has 8 nitrogen and oxygen atoms in total. The van der Waals surface area contributed by atoms with Gasteiger partial charge in [0.05, 0.1) is 22.8 Å². The van der Waals surface area contributed by atoms with Crippen molar-refractivity contribution < 1.29 is 4.79 Å². The molecule has 0 saturated heterocycles. The fraction of sp³-hybridized carbons (Fsp3) is 0.278. The lowest BCUT2D eigenvalue weighted by atomic mass is 10.1. The molecule has 0 radical (unpaired) electrons. The highest BCUT2D eigenvalue weighted by molar-refractivity contribution is 7.05. The number of hydrogen-bond donors (Lipinski definition) is 3. The lowest BCUT2D eigenvalue weighted by molar-refractivity contribution is 0.100. The summed E-state index contributed by atoms with van der Waals surface area (Å²) in [7, 11) is 0. The average Bonchev–Trinajstić information content (AvgIpc) is 3.10. The van der Waals surface area contributed by atoms with E-state index in [0.717, 1.165) is 46.2 Å². The van der Waals surface area contributed by atoms with E-state index in [4.69, 9.17) is 15.7 Å². The zero-order valence-corrected chi connectivity index (χ0v) is 15.6. The minimum Gasteiger partial charge on any atom is -0.366 e. The van der Waals surface area contributed by atoms with Gasteiger partial charge in [-0.15, -0.1) is 5.10 Å². The molecule has 0 bridgehead atoms. The van der Waals surface area contributed by atoms with Gasteiger partial charge >= 0.3 is 0 Å². The number of aromatic nitrogens is 4. The van der Waals surface area contributed by atoms with Gasteiger partial charge in [-0.1, -0.05) is 16.6 Å². The summed E-state index contributed by atoms with van der Waals surface area (Å²) in [5.41, 5.74) is 9.68. The van der Waals surface area contributed by atoms with E-state index in [2.05, 4.69) is 20.2 Å². The molecule has 2 aromatic heterocycles. The third-order valence-electron chi connectivity index (χ3n) is 4.53. The highest BCUT2D eigenvalue weighted by atomic mass is 32.1. The molecular weight excluding hydrogens is 362 g/mol. The molecule has 1 aliphatic rings. The highest BCUT2D eigenvalue weighted by Gasteiger charge is 2.19. The number of aryl methyl sites for hydroxylation is 1. The van der Waals surface area contributed by atoms with Gasteiger partial charge < -0.3 is 16.4 Å². The largest absolute Gasteiger partial charge is 0.366 e. The molecule has 4 rings (SSSR count). The number of anilines is 1. The smallest absolute Gasteiger partial charge is 0.248 e. The summed E-state index contributed by atoms with van der Waals surface area (Å²) < 4.78 is 3.98. The molecule has 9 heteroatoms. The third-order valence-corrected chi connectivity index (χ3v) is 5.35. The average molecular weight is 381 g/mol. The van der Waals surface area contributed by atoms with Gasteiger partial charge in [0.15, 0.2) is 5.82 Å². The summed E-state index contributed by atoms with van der Waals surface area (Å²) in [6.07, 6.45) is 0.873. The van der Waals surface area contributed by atoms with Crippen LogP contribution in [0.15, 0.2) is 24.3 Å². The first-order chi connectivity index (χ1) is 13.1. The first kappa shape index (κ1) is 17.5. The molecule has 3 aromatic rings. The first-order valence-corrected chi connectivity index (χ1v) is 9.41. The second-order valence-corrected chi connectivity index (χ2v) is 7.16. The van der Waals surface area contributed by atoms with E-state index in [1.54, 1.807) is 12.1 Å². The van der Waals surface area contributed by atoms with Gasteiger partial charge in [-0.05, 0) is 43.6 Å². The number of nitrogens with one attached hydrogen (secondary N) is 2. The fourth-order valence-electron chi connectivity index (χ4n) is 3.00. The predicted molar refractivity (Wildman–Crippen MR) is 103 cm³/mol. The van der Waals surface area contributed by atoms with Crippen LogP contribution < -0.4 is 16.4 Å². The lowest BCUT2D eigenvalue weighted by Crippen LogP contribution is -2.26. The van der Waals surface area contributed by atoms with Crippen LogP contribution in [0.25, 0.3) is 11.4 Å². The molecule has 1 amide bonds. The van der Waals surface area contributed by atoms with Crippen LogP contribution in [0.4, 0.5) is 5.82 Å². The molecule has 0 spiro atoms. The Balaban J connectivity index is 1.68. The van der Waals surface area contributed by atoms with E-state index in [9.17, 15) is 4.79 Å². The monoisotopic (exact) mass is 381 g/mol. The zero-order chi connectivity index (χ0) is 18.8. The van der Waals surface area contributed by atoms with Crippen LogP contribution in [0.1, 0.15) is 32.2 Å². The number of carbonyl (C=O) groups is 1. The highest BCUT2D eigenvalue weighted by Crippen LogP contribution is 2.26. The number of nitrogens with zero attached hydrogens (tertiary/aromatic N) is 4. The molecule has 0 fully saturated rings. The molecule has 3 heterocycles. The SMILES string of the molecule is Cc1nnsc1CNc1nc(-c2ccc(C(N)=O)cc2)nc2c1CCNC2. The summed E-state index contributed by atoms with van der Waals surface area (Å²) in [5.74, 6) is 1.01. The summed E-state index contributed by atoms with van der Waals surface area (Å²) >= 11 is 1.39. The summed E-state index contributed by atoms with van der Waals surface area (Å²) in [6.45, 7) is 4.19. The summed E-state index contributed by atoms with van der Waals surface area (Å²) in [6, 6.07) is 7.02. The second kappa shape index (κ2) is 7.37. The van der Waals surface area contributed by atoms with Crippen molar-refractivity contribution in [2.45, 2.75) is 26.4 Å². The fourth-order valence-corrected chi connectivity index (χ4v) is 3.57. The normalized spacial score (nSPS) is 13.2. The Morgan fingerprint density at radius 1 is 1.30 bits per heavy atom. The maximum Gasteiger partial charge on any atom is 0.248 e. The van der Waals surface area contributed by atoms with Crippen LogP contribution in [-0.2, 0) is 19.5 Å². The van der Waals surface area contributed by atoms with Gasteiger partial charge in [-0.3, -0.25) is 4.79 Å². The van der Waals surface area contributed by atoms with Crippen molar-refractivity contribution in [3.05, 3.63) is 51.7 Å². The number of nitrogens with two attached hydrogens (primary N) is 1. The molecule has 0 atom stereocenters. The number of fused-ring (bicyclic) bond motifs is 1. The summed E-state index contributed by atoms with van der Waals surface area (Å²) in [4.78, 5) is 21.9. The van der Waals surface area contributed by atoms with Crippen LogP contribution in [0, 0.1) is 6.92 Å². The number of primary amides is 1. The lowest BCUT2D eigenvalue weighted by Gasteiger charge is -2.20. The molecule has 27 heavy (non-hydrogen) atoms. The van der Waals surface area contributed by atoms with Gasteiger partial charge in [0.1, 0.15) is 5.82 Å². The zero-order valence-electron chi connectivity index (χ0n) is 14.8. The molecule has 1 aliphatic heterocycles. The predicted octanol–water partition coefficient (Wildman–Crippen LogP) is 1.66. The van der Waals surface area contributed by atoms with Gasteiger partial charge in [0.25, 0.3) is 0 Å². The number of benzene rings is 1. The maximum atomic E-state index is 11.3. The van der Waals surface area contributed by atoms with E-state index in [1.165, 1.54) is 11.5 Å². The first-order valence-electron chi connectivity index (χ1n) is 8.64. The van der Waals surface area contributed by atoms with Crippen molar-refractivity contribution >= 4 is 23.3 Å². The van der Waals surface area contributed by atoms with Crippen molar-refractivity contribution in [3.63, 3.8) is 0 Å². The van der Waals surface area contributed by atoms with Crippen molar-refractivity contribution in [1.29, 1.82) is 0 Å². The Labute approximate surface area is 160 Å². The Morgan fingerprint density at radius 3 is 2.81 bits per heavy atom. The number of rotatable bonds is 5. The third kappa shape index (κ3) is 3.64. The van der Waals surface area contributed by atoms with Crippen molar-refractivity contribution in [2.24, 2.45) is 5.73 Å². The van der Waals surface area contributed by atoms with Crippen molar-refractivity contribution in [1.82, 2.24) is 24.9 Å². The molecule has 0 aliphatic carbocycles. The molecule has 4 N–H and O–H groups in total. The van der Waals surface area contributed by atoms with Crippen LogP contribution >= 0.6 is 11.5 Å². The quantitative estimate of drug-likeness (QED) is 0.615. The van der Waals surface area contributed by atoms with Gasteiger partial charge in [-0.2, -0.15) is 0 Å². The molecule has 1 aromatic carbocycles. The standard InChI is InChI=1S/C18H19N7OS/c1-10-15(27-25-24-10)9-21-18-13-6-7-20-8-14(13)22-17(23-18)12-4-2-11(3-5-12)16(19)26/h2-5,20H,6-9H2,1H3,(H2,19,26)(H,21,22,23). The number of amides is 1. The van der Waals surface area contributed by atoms with Gasteiger partial charge in [0, 0.05) is 23.2 Å². The van der Waals surface area contributed by atoms with E-state index >= 15 is 0 Å². The molecule has 0 unspecified atom stereocenters. The minimum absolute atomic E-state index is 0.451. The van der Waals surface area contributed by atoms with Crippen molar-refractivity contribution in [2.75, 3.05) is 11.9 Å². The molecule has 138 valence electrons. The second-order valence-electron chi connectivity index (χ2n) is 6.32. The number of carbonyl (C=O) groups excluding carboxylic acids is 1. The van der Waals surface area contributed by atoms with Crippen LogP contribution in [0.2, 0.25) is 0 Å². The van der Waals surface area contributed by atoms with Crippen LogP contribution in [0.3, 0.4) is 0 Å². The van der Waals surface area contributed by atoms with Gasteiger partial charge in [-0.25, -0.2) is 9.97 Å². The van der Waals surface area contributed by atoms with E-state index in [0.29, 0.717) is 24.5 Å². The summed E-state index contributed by atoms with van der Waals surface area (Å²) in [5, 5.41) is 10.8. The minimum atomic E-state index is -0.451. The van der Waals surface area contributed by atoms with E-state index < -0.39 is 5.91 Å². The van der Waals surface area contributed by atoms with Crippen LogP contribution in [-0.4, -0.2) is 32.0 Å². The Morgan fingerprint density at radius 2 is 2.11 bits per heavy atom. The van der Waals surface area contributed by atoms with Gasteiger partial charge in [0.2, 0.25) is 5.91 Å². The number of hydrogen-bond acceptors (Lipinski definition) is 8. The topological polar surface area (TPSA) is 119 Å². The van der Waals surface area contributed by atoms with E-state index in [1.807, 2.05) is 19.1 Å².